The summed E-state index contributed by atoms with van der Waals surface area (Å²) in [5.41, 5.74) is -0.135. The fraction of sp³-hybridized carbons (Fsp3) is 0.571. The van der Waals surface area contributed by atoms with Crippen molar-refractivity contribution in [2.75, 3.05) is 7.11 Å². The molecule has 0 aliphatic carbocycles. The third kappa shape index (κ3) is 3.14. The van der Waals surface area contributed by atoms with Crippen LogP contribution >= 0.6 is 0 Å². The molecule has 68 valence electrons. The van der Waals surface area contributed by atoms with E-state index in [1.165, 1.54) is 7.11 Å². The number of aldehydes is 1. The summed E-state index contributed by atoms with van der Waals surface area (Å²) in [6.07, 6.45) is 0.785. The first kappa shape index (κ1) is 10.6. The lowest BCUT2D eigenvalue weighted by Crippen LogP contribution is -2.22. The van der Waals surface area contributed by atoms with Gasteiger partial charge < -0.3 is 14.7 Å². The Balaban J connectivity index is 4.39. The van der Waals surface area contributed by atoms with Gasteiger partial charge >= 0.3 is 5.97 Å². The van der Waals surface area contributed by atoms with E-state index in [1.54, 1.807) is 6.92 Å². The van der Waals surface area contributed by atoms with Crippen molar-refractivity contribution < 1.29 is 19.5 Å². The molecule has 0 aromatic carbocycles. The summed E-state index contributed by atoms with van der Waals surface area (Å²) >= 11 is 0. The number of aliphatic carboxylic acids is 1. The van der Waals surface area contributed by atoms with E-state index in [0.29, 0.717) is 6.29 Å². The van der Waals surface area contributed by atoms with Gasteiger partial charge in [-0.1, -0.05) is 12.1 Å². The molecular formula is C7H11NO4. The molecular weight excluding hydrogens is 162 g/mol. The van der Waals surface area contributed by atoms with Gasteiger partial charge in [-0.05, 0) is 0 Å². The van der Waals surface area contributed by atoms with Crippen LogP contribution in [-0.4, -0.2) is 30.2 Å². The monoisotopic (exact) mass is 173 g/mol. The fourth-order valence-electron chi connectivity index (χ4n) is 0.694. The van der Waals surface area contributed by atoms with Crippen LogP contribution in [0.5, 0.6) is 0 Å². The quantitative estimate of drug-likeness (QED) is 0.368. The first-order chi connectivity index (χ1) is 5.63. The Morgan fingerprint density at radius 2 is 2.33 bits per heavy atom. The number of carbonyl (C=O) groups is 2. The van der Waals surface area contributed by atoms with Gasteiger partial charge in [-0.2, -0.15) is 0 Å². The first-order valence-electron chi connectivity index (χ1n) is 3.41. The van der Waals surface area contributed by atoms with Gasteiger partial charge in [0, 0.05) is 12.3 Å². The molecule has 1 atom stereocenters. The summed E-state index contributed by atoms with van der Waals surface area (Å²) in [6.45, 7) is 1.60. The van der Waals surface area contributed by atoms with E-state index < -0.39 is 11.9 Å². The summed E-state index contributed by atoms with van der Waals surface area (Å²) in [6, 6.07) is 0. The number of oxime groups is 1. The van der Waals surface area contributed by atoms with E-state index in [-0.39, 0.29) is 12.1 Å². The first-order valence-corrected chi connectivity index (χ1v) is 3.41. The number of hydrogen-bond donors (Lipinski definition) is 1. The number of carbonyl (C=O) groups excluding carboxylic acids is 1. The SMILES string of the molecule is CON=C(C(=O)O)C(C)CC=O. The molecule has 12 heavy (non-hydrogen) atoms. The van der Waals surface area contributed by atoms with Crippen molar-refractivity contribution in [2.24, 2.45) is 11.1 Å². The highest BCUT2D eigenvalue weighted by molar-refractivity contribution is 6.36. The van der Waals surface area contributed by atoms with Gasteiger partial charge in [0.05, 0.1) is 0 Å². The van der Waals surface area contributed by atoms with E-state index in [0.717, 1.165) is 0 Å². The predicted molar refractivity (Wildman–Crippen MR) is 41.9 cm³/mol. The van der Waals surface area contributed by atoms with Crippen molar-refractivity contribution in [3.05, 3.63) is 0 Å². The maximum Gasteiger partial charge on any atom is 0.353 e. The normalized spacial score (nSPS) is 13.7. The van der Waals surface area contributed by atoms with Gasteiger partial charge in [0.2, 0.25) is 0 Å². The summed E-state index contributed by atoms with van der Waals surface area (Å²) in [5.74, 6) is -1.58. The molecule has 0 aromatic rings. The van der Waals surface area contributed by atoms with Crippen LogP contribution in [0.2, 0.25) is 0 Å². The number of carboxylic acid groups (broad SMARTS) is 1. The summed E-state index contributed by atoms with van der Waals surface area (Å²) in [5, 5.41) is 11.9. The predicted octanol–water partition coefficient (Wildman–Crippen LogP) is 0.299. The number of hydrogen-bond acceptors (Lipinski definition) is 4. The van der Waals surface area contributed by atoms with Crippen molar-refractivity contribution in [1.82, 2.24) is 0 Å². The molecule has 0 rings (SSSR count). The maximum absolute atomic E-state index is 10.5. The molecule has 0 saturated heterocycles. The summed E-state index contributed by atoms with van der Waals surface area (Å²) in [7, 11) is 1.26. The molecule has 0 bridgehead atoms. The van der Waals surface area contributed by atoms with E-state index in [2.05, 4.69) is 9.99 Å². The van der Waals surface area contributed by atoms with Crippen molar-refractivity contribution >= 4 is 18.0 Å². The van der Waals surface area contributed by atoms with E-state index in [9.17, 15) is 9.59 Å². The largest absolute Gasteiger partial charge is 0.477 e. The van der Waals surface area contributed by atoms with Crippen molar-refractivity contribution in [3.63, 3.8) is 0 Å². The lowest BCUT2D eigenvalue weighted by molar-refractivity contribution is -0.129. The topological polar surface area (TPSA) is 76.0 Å². The second kappa shape index (κ2) is 5.29. The smallest absolute Gasteiger partial charge is 0.353 e. The molecule has 0 saturated carbocycles. The van der Waals surface area contributed by atoms with Crippen LogP contribution < -0.4 is 0 Å². The molecule has 1 unspecified atom stereocenters. The van der Waals surface area contributed by atoms with E-state index in [4.69, 9.17) is 5.11 Å². The van der Waals surface area contributed by atoms with Crippen LogP contribution in [0.25, 0.3) is 0 Å². The highest BCUT2D eigenvalue weighted by Crippen LogP contribution is 2.03. The molecule has 5 heteroatoms. The van der Waals surface area contributed by atoms with Crippen molar-refractivity contribution in [1.29, 1.82) is 0 Å². The minimum atomic E-state index is -1.16. The summed E-state index contributed by atoms with van der Waals surface area (Å²) in [4.78, 5) is 24.9. The van der Waals surface area contributed by atoms with Gasteiger partial charge in [-0.15, -0.1) is 0 Å². The standard InChI is InChI=1S/C7H11NO4/c1-5(3-4-9)6(7(10)11)8-12-2/h4-5H,3H2,1-2H3,(H,10,11). The summed E-state index contributed by atoms with van der Waals surface area (Å²) < 4.78 is 0. The van der Waals surface area contributed by atoms with Crippen LogP contribution in [0.3, 0.4) is 0 Å². The van der Waals surface area contributed by atoms with Crippen LogP contribution in [-0.2, 0) is 14.4 Å². The zero-order valence-corrected chi connectivity index (χ0v) is 6.98. The average Bonchev–Trinajstić information content (AvgIpc) is 1.99. The van der Waals surface area contributed by atoms with Gasteiger partial charge in [-0.3, -0.25) is 0 Å². The van der Waals surface area contributed by atoms with Crippen LogP contribution in [0.4, 0.5) is 0 Å². The molecule has 0 fully saturated rings. The Labute approximate surface area is 70.0 Å². The average molecular weight is 173 g/mol. The van der Waals surface area contributed by atoms with Gasteiger partial charge in [0.25, 0.3) is 0 Å². The zero-order valence-electron chi connectivity index (χ0n) is 6.98. The number of nitrogens with zero attached hydrogens (tertiary/aromatic N) is 1. The van der Waals surface area contributed by atoms with Gasteiger partial charge in [-0.25, -0.2) is 4.79 Å². The Morgan fingerprint density at radius 1 is 1.75 bits per heavy atom. The third-order valence-electron chi connectivity index (χ3n) is 1.33. The van der Waals surface area contributed by atoms with Crippen molar-refractivity contribution in [3.8, 4) is 0 Å². The highest BCUT2D eigenvalue weighted by atomic mass is 16.6. The molecule has 0 spiro atoms. The Kier molecular flexibility index (Phi) is 4.67. The molecule has 5 nitrogen and oxygen atoms in total. The second-order valence-corrected chi connectivity index (χ2v) is 2.27. The lowest BCUT2D eigenvalue weighted by atomic mass is 10.0. The minimum absolute atomic E-state index is 0.133. The molecule has 0 aliphatic rings. The zero-order chi connectivity index (χ0) is 9.56. The number of carboxylic acids is 1. The van der Waals surface area contributed by atoms with Crippen LogP contribution in [0.1, 0.15) is 13.3 Å². The molecule has 0 aromatic heterocycles. The second-order valence-electron chi connectivity index (χ2n) is 2.27. The fourth-order valence-corrected chi connectivity index (χ4v) is 0.694. The third-order valence-corrected chi connectivity index (χ3v) is 1.33. The molecule has 0 amide bonds. The van der Waals surface area contributed by atoms with Crippen LogP contribution in [0.15, 0.2) is 5.16 Å². The van der Waals surface area contributed by atoms with E-state index in [1.807, 2.05) is 0 Å². The number of rotatable bonds is 5. The molecule has 1 N–H and O–H groups in total. The van der Waals surface area contributed by atoms with Crippen LogP contribution in [0, 0.1) is 5.92 Å². The van der Waals surface area contributed by atoms with Gasteiger partial charge in [0.1, 0.15) is 13.4 Å². The molecule has 0 heterocycles. The van der Waals surface area contributed by atoms with E-state index >= 15 is 0 Å². The van der Waals surface area contributed by atoms with Crippen molar-refractivity contribution in [2.45, 2.75) is 13.3 Å². The Bertz CT molecular complexity index is 200. The molecule has 0 aliphatic heterocycles. The molecule has 0 radical (unpaired) electrons. The lowest BCUT2D eigenvalue weighted by Gasteiger charge is -2.05. The Hall–Kier alpha value is -1.39. The minimum Gasteiger partial charge on any atom is -0.477 e. The van der Waals surface area contributed by atoms with Gasteiger partial charge in [0.15, 0.2) is 5.71 Å². The highest BCUT2D eigenvalue weighted by Gasteiger charge is 2.18. The Morgan fingerprint density at radius 3 is 2.67 bits per heavy atom. The maximum atomic E-state index is 10.5.